The Morgan fingerprint density at radius 2 is 1.49 bits per heavy atom. The number of carbonyl (C=O) groups excluding carboxylic acids is 1. The van der Waals surface area contributed by atoms with Gasteiger partial charge in [0.25, 0.3) is 5.91 Å². The minimum absolute atomic E-state index is 0.145. The zero-order valence-electron chi connectivity index (χ0n) is 25.5. The van der Waals surface area contributed by atoms with Crippen molar-refractivity contribution in [1.29, 1.82) is 0 Å². The van der Waals surface area contributed by atoms with E-state index in [0.29, 0.717) is 12.2 Å². The number of carboxylic acids is 2. The van der Waals surface area contributed by atoms with E-state index >= 15 is 0 Å². The van der Waals surface area contributed by atoms with Gasteiger partial charge in [-0.25, -0.2) is 4.79 Å². The molecule has 1 amide bonds. The van der Waals surface area contributed by atoms with Crippen LogP contribution in [0.5, 0.6) is 5.75 Å². The standard InChI is InChI=1S/C33H47NO7/c1-8-33(9-2,24-12-10-23(21(3)18-24)11-16-28(35)32(5,6)7)25-13-15-27(22(4)19-25)41-20-29(36)34-26(31(39)40)14-17-30(37)38/h10,12-13,15,18-19,26,28,35H,8-9,11,14,16-17,20H2,1-7H3,(H,34,36)(H,37,38)(H,39,40)/t26?,28-/m0/s1. The van der Waals surface area contributed by atoms with Crippen molar-refractivity contribution in [3.05, 3.63) is 64.2 Å². The Morgan fingerprint density at radius 1 is 0.902 bits per heavy atom. The van der Waals surface area contributed by atoms with Crippen molar-refractivity contribution in [2.24, 2.45) is 5.41 Å². The molecule has 2 rings (SSSR count). The number of hydrogen-bond acceptors (Lipinski definition) is 5. The molecule has 226 valence electrons. The minimum Gasteiger partial charge on any atom is -0.484 e. The summed E-state index contributed by atoms with van der Waals surface area (Å²) in [6.07, 6.45) is 2.38. The molecule has 41 heavy (non-hydrogen) atoms. The summed E-state index contributed by atoms with van der Waals surface area (Å²) in [5.41, 5.74) is 5.32. The molecule has 2 aromatic carbocycles. The molecule has 0 aromatic heterocycles. The molecule has 0 saturated heterocycles. The average Bonchev–Trinajstić information content (AvgIpc) is 2.90. The molecule has 0 aliphatic rings. The lowest BCUT2D eigenvalue weighted by atomic mass is 9.69. The molecule has 0 saturated carbocycles. The fraction of sp³-hybridized carbons (Fsp3) is 0.545. The van der Waals surface area contributed by atoms with Crippen LogP contribution in [-0.4, -0.2) is 51.9 Å². The Kier molecular flexibility index (Phi) is 11.9. The molecule has 0 bridgehead atoms. The Hall–Kier alpha value is -3.39. The maximum Gasteiger partial charge on any atom is 0.326 e. The van der Waals surface area contributed by atoms with E-state index in [1.807, 2.05) is 19.1 Å². The number of carbonyl (C=O) groups is 3. The number of ether oxygens (including phenoxy) is 1. The number of nitrogens with one attached hydrogen (secondary N) is 1. The first kappa shape index (κ1) is 33.8. The first-order chi connectivity index (χ1) is 19.1. The number of aliphatic hydroxyl groups is 1. The molecule has 0 aliphatic heterocycles. The van der Waals surface area contributed by atoms with Crippen molar-refractivity contribution in [3.8, 4) is 5.75 Å². The number of aliphatic carboxylic acids is 2. The van der Waals surface area contributed by atoms with E-state index in [9.17, 15) is 24.6 Å². The van der Waals surface area contributed by atoms with E-state index < -0.39 is 23.9 Å². The molecule has 0 fully saturated rings. The molecule has 2 atom stereocenters. The summed E-state index contributed by atoms with van der Waals surface area (Å²) in [5, 5.41) is 30.9. The summed E-state index contributed by atoms with van der Waals surface area (Å²) in [4.78, 5) is 34.4. The molecule has 8 heteroatoms. The topological polar surface area (TPSA) is 133 Å². The summed E-state index contributed by atoms with van der Waals surface area (Å²) in [7, 11) is 0. The lowest BCUT2D eigenvalue weighted by Crippen LogP contribution is -2.43. The van der Waals surface area contributed by atoms with Crippen molar-refractivity contribution in [2.75, 3.05) is 6.61 Å². The lowest BCUT2D eigenvalue weighted by molar-refractivity contribution is -0.143. The van der Waals surface area contributed by atoms with Crippen LogP contribution in [0.1, 0.15) is 94.5 Å². The van der Waals surface area contributed by atoms with Crippen LogP contribution in [0.25, 0.3) is 0 Å². The molecule has 0 spiro atoms. The van der Waals surface area contributed by atoms with Gasteiger partial charge < -0.3 is 25.4 Å². The summed E-state index contributed by atoms with van der Waals surface area (Å²) in [6, 6.07) is 11.3. The van der Waals surface area contributed by atoms with E-state index in [-0.39, 0.29) is 36.4 Å². The highest BCUT2D eigenvalue weighted by molar-refractivity contribution is 5.84. The number of carboxylic acid groups (broad SMARTS) is 2. The van der Waals surface area contributed by atoms with Gasteiger partial charge in [0.2, 0.25) is 0 Å². The number of hydrogen-bond donors (Lipinski definition) is 4. The zero-order chi connectivity index (χ0) is 31.0. The molecule has 0 heterocycles. The number of aryl methyl sites for hydroxylation is 3. The highest BCUT2D eigenvalue weighted by Gasteiger charge is 2.32. The largest absolute Gasteiger partial charge is 0.484 e. The van der Waals surface area contributed by atoms with Crippen LogP contribution in [0.2, 0.25) is 0 Å². The van der Waals surface area contributed by atoms with E-state index in [1.54, 1.807) is 0 Å². The number of amides is 1. The van der Waals surface area contributed by atoms with Crippen molar-refractivity contribution in [3.63, 3.8) is 0 Å². The minimum atomic E-state index is -1.29. The zero-order valence-corrected chi connectivity index (χ0v) is 25.5. The van der Waals surface area contributed by atoms with Crippen LogP contribution in [0.3, 0.4) is 0 Å². The van der Waals surface area contributed by atoms with E-state index in [4.69, 9.17) is 9.84 Å². The summed E-state index contributed by atoms with van der Waals surface area (Å²) in [6.45, 7) is 14.2. The van der Waals surface area contributed by atoms with Crippen LogP contribution in [0.4, 0.5) is 0 Å². The molecule has 0 aliphatic carbocycles. The van der Waals surface area contributed by atoms with Crippen LogP contribution in [0.15, 0.2) is 36.4 Å². The second-order valence-electron chi connectivity index (χ2n) is 12.0. The van der Waals surface area contributed by atoms with Crippen LogP contribution < -0.4 is 10.1 Å². The van der Waals surface area contributed by atoms with E-state index in [2.05, 4.69) is 71.1 Å². The SMILES string of the molecule is CCC(CC)(c1ccc(CC[C@H](O)C(C)(C)C)c(C)c1)c1ccc(OCC(=O)NC(CCC(=O)O)C(=O)O)c(C)c1. The normalized spacial score (nSPS) is 13.4. The molecule has 0 radical (unpaired) electrons. The summed E-state index contributed by atoms with van der Waals surface area (Å²) < 4.78 is 5.71. The smallest absolute Gasteiger partial charge is 0.326 e. The van der Waals surface area contributed by atoms with E-state index in [1.165, 1.54) is 16.7 Å². The maximum absolute atomic E-state index is 12.3. The second kappa shape index (κ2) is 14.5. The van der Waals surface area contributed by atoms with Crippen molar-refractivity contribution >= 4 is 17.8 Å². The summed E-state index contributed by atoms with van der Waals surface area (Å²) >= 11 is 0. The van der Waals surface area contributed by atoms with Gasteiger partial charge in [-0.15, -0.1) is 0 Å². The predicted octanol–water partition coefficient (Wildman–Crippen LogP) is 5.56. The lowest BCUT2D eigenvalue weighted by Gasteiger charge is -2.34. The van der Waals surface area contributed by atoms with Gasteiger partial charge in [0.05, 0.1) is 6.10 Å². The van der Waals surface area contributed by atoms with Gasteiger partial charge in [0.15, 0.2) is 6.61 Å². The third kappa shape index (κ3) is 9.05. The third-order valence-electron chi connectivity index (χ3n) is 8.16. The van der Waals surface area contributed by atoms with Crippen LogP contribution in [-0.2, 0) is 26.2 Å². The molecular formula is C33H47NO7. The molecule has 4 N–H and O–H groups in total. The fourth-order valence-corrected chi connectivity index (χ4v) is 5.25. The second-order valence-corrected chi connectivity index (χ2v) is 12.0. The first-order valence-electron chi connectivity index (χ1n) is 14.4. The van der Waals surface area contributed by atoms with Gasteiger partial charge in [-0.05, 0) is 85.3 Å². The number of benzene rings is 2. The van der Waals surface area contributed by atoms with Gasteiger partial charge in [0, 0.05) is 11.8 Å². The summed E-state index contributed by atoms with van der Waals surface area (Å²) in [5.74, 6) is -2.53. The maximum atomic E-state index is 12.3. The van der Waals surface area contributed by atoms with Gasteiger partial charge in [-0.1, -0.05) is 65.0 Å². The quantitative estimate of drug-likeness (QED) is 0.221. The van der Waals surface area contributed by atoms with Gasteiger partial charge in [0.1, 0.15) is 11.8 Å². The van der Waals surface area contributed by atoms with Gasteiger partial charge >= 0.3 is 11.9 Å². The molecule has 1 unspecified atom stereocenters. The molecule has 8 nitrogen and oxygen atoms in total. The Morgan fingerprint density at radius 3 is 1.98 bits per heavy atom. The monoisotopic (exact) mass is 569 g/mol. The van der Waals surface area contributed by atoms with Crippen molar-refractivity contribution < 1.29 is 34.4 Å². The number of rotatable bonds is 15. The highest BCUT2D eigenvalue weighted by atomic mass is 16.5. The third-order valence-corrected chi connectivity index (χ3v) is 8.16. The van der Waals surface area contributed by atoms with Crippen LogP contribution >= 0.6 is 0 Å². The van der Waals surface area contributed by atoms with Crippen molar-refractivity contribution in [2.45, 2.75) is 105 Å². The van der Waals surface area contributed by atoms with Gasteiger partial charge in [-0.3, -0.25) is 9.59 Å². The predicted molar refractivity (Wildman–Crippen MR) is 159 cm³/mol. The fourth-order valence-electron chi connectivity index (χ4n) is 5.25. The van der Waals surface area contributed by atoms with Gasteiger partial charge in [-0.2, -0.15) is 0 Å². The van der Waals surface area contributed by atoms with Crippen LogP contribution in [0, 0.1) is 19.3 Å². The first-order valence-corrected chi connectivity index (χ1v) is 14.4. The average molecular weight is 570 g/mol. The molecular weight excluding hydrogens is 522 g/mol. The molecule has 2 aromatic rings. The number of aliphatic hydroxyl groups excluding tert-OH is 1. The highest BCUT2D eigenvalue weighted by Crippen LogP contribution is 2.41. The Bertz CT molecular complexity index is 1210. The van der Waals surface area contributed by atoms with Crippen molar-refractivity contribution in [1.82, 2.24) is 5.32 Å². The van der Waals surface area contributed by atoms with E-state index in [0.717, 1.165) is 30.4 Å². The Balaban J connectivity index is 2.19. The Labute approximate surface area is 244 Å².